The number of pyridine rings is 1. The van der Waals surface area contributed by atoms with Gasteiger partial charge in [0.05, 0.1) is 18.3 Å². The average molecular weight is 296 g/mol. The SMILES string of the molecule is COc1ccc(F)cc1-c1nc2c(C)cccc2cc1CN. The molecule has 0 aliphatic heterocycles. The first-order chi connectivity index (χ1) is 10.6. The predicted molar refractivity (Wildman–Crippen MR) is 86.3 cm³/mol. The maximum atomic E-state index is 13.7. The van der Waals surface area contributed by atoms with Crippen LogP contribution < -0.4 is 10.5 Å². The third-order valence-corrected chi connectivity index (χ3v) is 3.76. The number of halogens is 1. The van der Waals surface area contributed by atoms with Crippen molar-refractivity contribution < 1.29 is 9.13 Å². The Balaban J connectivity index is 2.34. The van der Waals surface area contributed by atoms with Crippen LogP contribution in [-0.4, -0.2) is 12.1 Å². The van der Waals surface area contributed by atoms with Gasteiger partial charge in [-0.2, -0.15) is 0 Å². The number of nitrogens with zero attached hydrogens (tertiary/aromatic N) is 1. The van der Waals surface area contributed by atoms with E-state index in [0.717, 1.165) is 22.0 Å². The third kappa shape index (κ3) is 2.42. The fourth-order valence-electron chi connectivity index (χ4n) is 2.64. The lowest BCUT2D eigenvalue weighted by Crippen LogP contribution is -2.03. The van der Waals surface area contributed by atoms with Crippen LogP contribution in [0.5, 0.6) is 5.75 Å². The molecule has 3 rings (SSSR count). The van der Waals surface area contributed by atoms with Crippen molar-refractivity contribution >= 4 is 10.9 Å². The van der Waals surface area contributed by atoms with Crippen LogP contribution in [0.15, 0.2) is 42.5 Å². The molecule has 4 heteroatoms. The zero-order valence-corrected chi connectivity index (χ0v) is 12.6. The quantitative estimate of drug-likeness (QED) is 0.799. The molecule has 0 amide bonds. The van der Waals surface area contributed by atoms with E-state index in [1.54, 1.807) is 13.2 Å². The van der Waals surface area contributed by atoms with E-state index >= 15 is 0 Å². The van der Waals surface area contributed by atoms with Crippen molar-refractivity contribution in [2.75, 3.05) is 7.11 Å². The number of methoxy groups -OCH3 is 1. The average Bonchev–Trinajstić information content (AvgIpc) is 2.54. The highest BCUT2D eigenvalue weighted by atomic mass is 19.1. The molecule has 0 bridgehead atoms. The smallest absolute Gasteiger partial charge is 0.128 e. The summed E-state index contributed by atoms with van der Waals surface area (Å²) in [6.45, 7) is 2.33. The molecule has 0 saturated carbocycles. The molecule has 0 unspecified atom stereocenters. The van der Waals surface area contributed by atoms with Crippen LogP contribution in [0.2, 0.25) is 0 Å². The van der Waals surface area contributed by atoms with Crippen LogP contribution >= 0.6 is 0 Å². The number of hydrogen-bond acceptors (Lipinski definition) is 3. The molecule has 22 heavy (non-hydrogen) atoms. The van der Waals surface area contributed by atoms with E-state index in [-0.39, 0.29) is 5.82 Å². The molecule has 0 fully saturated rings. The van der Waals surface area contributed by atoms with Gasteiger partial charge in [0.15, 0.2) is 0 Å². The summed E-state index contributed by atoms with van der Waals surface area (Å²) in [4.78, 5) is 4.74. The largest absolute Gasteiger partial charge is 0.496 e. The standard InChI is InChI=1S/C18H17FN2O/c1-11-4-3-5-12-8-13(10-20)18(21-17(11)12)15-9-14(19)6-7-16(15)22-2/h3-9H,10,20H2,1-2H3. The lowest BCUT2D eigenvalue weighted by Gasteiger charge is -2.13. The van der Waals surface area contributed by atoms with Gasteiger partial charge in [-0.25, -0.2) is 9.37 Å². The molecule has 3 aromatic rings. The zero-order valence-electron chi connectivity index (χ0n) is 12.6. The highest BCUT2D eigenvalue weighted by Crippen LogP contribution is 2.33. The number of hydrogen-bond donors (Lipinski definition) is 1. The fraction of sp³-hybridized carbons (Fsp3) is 0.167. The Hall–Kier alpha value is -2.46. The number of ether oxygens (including phenoxy) is 1. The van der Waals surface area contributed by atoms with Crippen LogP contribution in [-0.2, 0) is 6.54 Å². The second-order valence-electron chi connectivity index (χ2n) is 5.19. The van der Waals surface area contributed by atoms with Crippen molar-refractivity contribution in [2.45, 2.75) is 13.5 Å². The summed E-state index contributed by atoms with van der Waals surface area (Å²) < 4.78 is 19.0. The molecular formula is C18H17FN2O. The highest BCUT2D eigenvalue weighted by molar-refractivity contribution is 5.86. The minimum absolute atomic E-state index is 0.325. The number of aromatic nitrogens is 1. The summed E-state index contributed by atoms with van der Waals surface area (Å²) in [6, 6.07) is 12.4. The lowest BCUT2D eigenvalue weighted by atomic mass is 10.0. The molecular weight excluding hydrogens is 279 g/mol. The number of para-hydroxylation sites is 1. The van der Waals surface area contributed by atoms with E-state index in [4.69, 9.17) is 15.5 Å². The molecule has 1 aromatic heterocycles. The van der Waals surface area contributed by atoms with Gasteiger partial charge in [0.25, 0.3) is 0 Å². The van der Waals surface area contributed by atoms with E-state index in [1.807, 2.05) is 31.2 Å². The van der Waals surface area contributed by atoms with Gasteiger partial charge in [0, 0.05) is 17.5 Å². The second-order valence-corrected chi connectivity index (χ2v) is 5.19. The van der Waals surface area contributed by atoms with Crippen LogP contribution in [0.4, 0.5) is 4.39 Å². The van der Waals surface area contributed by atoms with E-state index in [1.165, 1.54) is 12.1 Å². The van der Waals surface area contributed by atoms with Gasteiger partial charge in [-0.3, -0.25) is 0 Å². The second kappa shape index (κ2) is 5.73. The first-order valence-electron chi connectivity index (χ1n) is 7.07. The van der Waals surface area contributed by atoms with Gasteiger partial charge in [-0.15, -0.1) is 0 Å². The van der Waals surface area contributed by atoms with Gasteiger partial charge >= 0.3 is 0 Å². The van der Waals surface area contributed by atoms with Crippen LogP contribution in [0.1, 0.15) is 11.1 Å². The van der Waals surface area contributed by atoms with Gasteiger partial charge in [-0.05, 0) is 42.3 Å². The molecule has 0 aliphatic rings. The minimum Gasteiger partial charge on any atom is -0.496 e. The van der Waals surface area contributed by atoms with Crippen molar-refractivity contribution in [2.24, 2.45) is 5.73 Å². The molecule has 2 aromatic carbocycles. The zero-order chi connectivity index (χ0) is 15.7. The van der Waals surface area contributed by atoms with Crippen LogP contribution in [0, 0.1) is 12.7 Å². The monoisotopic (exact) mass is 296 g/mol. The summed E-state index contributed by atoms with van der Waals surface area (Å²) in [5.41, 5.74) is 9.98. The third-order valence-electron chi connectivity index (χ3n) is 3.76. The Morgan fingerprint density at radius 3 is 2.73 bits per heavy atom. The van der Waals surface area contributed by atoms with Crippen molar-refractivity contribution in [3.05, 3.63) is 59.4 Å². The predicted octanol–water partition coefficient (Wildman–Crippen LogP) is 3.82. The van der Waals surface area contributed by atoms with Crippen molar-refractivity contribution in [1.29, 1.82) is 0 Å². The molecule has 0 aliphatic carbocycles. The Morgan fingerprint density at radius 1 is 1.18 bits per heavy atom. The van der Waals surface area contributed by atoms with Gasteiger partial charge < -0.3 is 10.5 Å². The Labute approximate surface area is 128 Å². The van der Waals surface area contributed by atoms with Crippen LogP contribution in [0.25, 0.3) is 22.2 Å². The van der Waals surface area contributed by atoms with Crippen molar-refractivity contribution in [3.63, 3.8) is 0 Å². The molecule has 0 saturated heterocycles. The van der Waals surface area contributed by atoms with Crippen molar-refractivity contribution in [1.82, 2.24) is 4.98 Å². The summed E-state index contributed by atoms with van der Waals surface area (Å²) in [5, 5.41) is 1.03. The molecule has 112 valence electrons. The molecule has 2 N–H and O–H groups in total. The van der Waals surface area contributed by atoms with Crippen LogP contribution in [0.3, 0.4) is 0 Å². The fourth-order valence-corrected chi connectivity index (χ4v) is 2.64. The molecule has 0 atom stereocenters. The Morgan fingerprint density at radius 2 is 2.00 bits per heavy atom. The van der Waals surface area contributed by atoms with E-state index in [9.17, 15) is 4.39 Å². The van der Waals surface area contributed by atoms with E-state index < -0.39 is 0 Å². The minimum atomic E-state index is -0.328. The Bertz CT molecular complexity index is 846. The number of nitrogens with two attached hydrogens (primary N) is 1. The first-order valence-corrected chi connectivity index (χ1v) is 7.07. The highest BCUT2D eigenvalue weighted by Gasteiger charge is 2.14. The molecule has 3 nitrogen and oxygen atoms in total. The summed E-state index contributed by atoms with van der Waals surface area (Å²) in [5.74, 6) is 0.252. The van der Waals surface area contributed by atoms with E-state index in [2.05, 4.69) is 0 Å². The summed E-state index contributed by atoms with van der Waals surface area (Å²) in [6.07, 6.45) is 0. The Kier molecular flexibility index (Phi) is 3.77. The number of rotatable bonds is 3. The normalized spacial score (nSPS) is 10.9. The van der Waals surface area contributed by atoms with Gasteiger partial charge in [0.2, 0.25) is 0 Å². The molecule has 0 radical (unpaired) electrons. The van der Waals surface area contributed by atoms with Gasteiger partial charge in [-0.1, -0.05) is 18.2 Å². The number of benzene rings is 2. The number of fused-ring (bicyclic) bond motifs is 1. The maximum Gasteiger partial charge on any atom is 0.128 e. The maximum absolute atomic E-state index is 13.7. The summed E-state index contributed by atoms with van der Waals surface area (Å²) in [7, 11) is 1.56. The lowest BCUT2D eigenvalue weighted by molar-refractivity contribution is 0.415. The van der Waals surface area contributed by atoms with Gasteiger partial charge in [0.1, 0.15) is 11.6 Å². The van der Waals surface area contributed by atoms with Crippen molar-refractivity contribution in [3.8, 4) is 17.0 Å². The molecule has 1 heterocycles. The van der Waals surface area contributed by atoms with E-state index in [0.29, 0.717) is 23.6 Å². The molecule has 0 spiro atoms. The first kappa shape index (κ1) is 14.5. The summed E-state index contributed by atoms with van der Waals surface area (Å²) >= 11 is 0. The topological polar surface area (TPSA) is 48.1 Å². The number of aryl methyl sites for hydroxylation is 1.